The van der Waals surface area contributed by atoms with E-state index in [1.807, 2.05) is 18.7 Å². The van der Waals surface area contributed by atoms with Gasteiger partial charge in [0, 0.05) is 13.1 Å². The molecular weight excluding hydrogens is 270 g/mol. The third-order valence-corrected chi connectivity index (χ3v) is 3.20. The first-order chi connectivity index (χ1) is 8.96. The van der Waals surface area contributed by atoms with Crippen LogP contribution in [-0.2, 0) is 4.74 Å². The molecular formula is C12H18ClN3O3. The topological polar surface area (TPSA) is 67.7 Å². The summed E-state index contributed by atoms with van der Waals surface area (Å²) in [5.41, 5.74) is -0.381. The molecule has 6 nitrogen and oxygen atoms in total. The Labute approximate surface area is 117 Å². The number of rotatable bonds is 3. The van der Waals surface area contributed by atoms with Crippen LogP contribution in [0.2, 0.25) is 5.15 Å². The highest BCUT2D eigenvalue weighted by Crippen LogP contribution is 2.34. The van der Waals surface area contributed by atoms with Crippen LogP contribution in [0.1, 0.15) is 13.8 Å². The number of aliphatic hydroxyl groups is 1. The Morgan fingerprint density at radius 2 is 2.32 bits per heavy atom. The van der Waals surface area contributed by atoms with E-state index in [9.17, 15) is 5.11 Å². The summed E-state index contributed by atoms with van der Waals surface area (Å²) >= 11 is 6.01. The van der Waals surface area contributed by atoms with Gasteiger partial charge in [-0.3, -0.25) is 0 Å². The number of ether oxygens (including phenoxy) is 2. The Hall–Kier alpha value is -1.11. The second-order valence-corrected chi connectivity index (χ2v) is 5.44. The van der Waals surface area contributed by atoms with E-state index < -0.39 is 0 Å². The van der Waals surface area contributed by atoms with Gasteiger partial charge in [0.2, 0.25) is 0 Å². The summed E-state index contributed by atoms with van der Waals surface area (Å²) in [6.45, 7) is 5.06. The van der Waals surface area contributed by atoms with Gasteiger partial charge in [-0.05, 0) is 13.8 Å². The lowest BCUT2D eigenvalue weighted by molar-refractivity contribution is -0.101. The number of anilines is 1. The molecule has 1 atom stereocenters. The predicted molar refractivity (Wildman–Crippen MR) is 71.8 cm³/mol. The predicted octanol–water partition coefficient (Wildman–Crippen LogP) is 1.11. The van der Waals surface area contributed by atoms with Gasteiger partial charge in [-0.25, -0.2) is 9.97 Å². The highest BCUT2D eigenvalue weighted by atomic mass is 35.5. The summed E-state index contributed by atoms with van der Waals surface area (Å²) in [5, 5.41) is 9.60. The van der Waals surface area contributed by atoms with Gasteiger partial charge in [0.15, 0.2) is 16.7 Å². The van der Waals surface area contributed by atoms with Crippen molar-refractivity contribution in [1.82, 2.24) is 9.97 Å². The van der Waals surface area contributed by atoms with E-state index in [-0.39, 0.29) is 23.5 Å². The van der Waals surface area contributed by atoms with Gasteiger partial charge in [0.25, 0.3) is 0 Å². The van der Waals surface area contributed by atoms with E-state index in [1.54, 1.807) is 0 Å². The van der Waals surface area contributed by atoms with Crippen LogP contribution in [0, 0.1) is 0 Å². The van der Waals surface area contributed by atoms with Gasteiger partial charge in [0.1, 0.15) is 6.33 Å². The van der Waals surface area contributed by atoms with Crippen LogP contribution in [0.5, 0.6) is 5.75 Å². The highest BCUT2D eigenvalue weighted by molar-refractivity contribution is 6.31. The summed E-state index contributed by atoms with van der Waals surface area (Å²) < 4.78 is 11.0. The van der Waals surface area contributed by atoms with Gasteiger partial charge in [0.05, 0.1) is 25.4 Å². The lowest BCUT2D eigenvalue weighted by Crippen LogP contribution is -2.54. The largest absolute Gasteiger partial charge is 0.490 e. The number of morpholine rings is 1. The normalized spacial score (nSPS) is 22.4. The Bertz CT molecular complexity index is 456. The Morgan fingerprint density at radius 1 is 1.58 bits per heavy atom. The van der Waals surface area contributed by atoms with Crippen molar-refractivity contribution in [3.8, 4) is 5.75 Å². The molecule has 1 N–H and O–H groups in total. The van der Waals surface area contributed by atoms with Crippen LogP contribution >= 0.6 is 11.6 Å². The average Bonchev–Trinajstić information content (AvgIpc) is 2.36. The Kier molecular flexibility index (Phi) is 4.13. The van der Waals surface area contributed by atoms with Crippen LogP contribution < -0.4 is 9.64 Å². The summed E-state index contributed by atoms with van der Waals surface area (Å²) in [4.78, 5) is 10.1. The second-order valence-electron chi connectivity index (χ2n) is 5.08. The van der Waals surface area contributed by atoms with Crippen molar-refractivity contribution in [1.29, 1.82) is 0 Å². The molecule has 2 rings (SSSR count). The minimum Gasteiger partial charge on any atom is -0.490 e. The van der Waals surface area contributed by atoms with E-state index >= 15 is 0 Å². The molecule has 1 aromatic rings. The molecule has 1 fully saturated rings. The second kappa shape index (κ2) is 5.48. The van der Waals surface area contributed by atoms with Gasteiger partial charge in [-0.1, -0.05) is 11.6 Å². The fourth-order valence-electron chi connectivity index (χ4n) is 2.30. The minimum atomic E-state index is -0.381. The number of halogens is 1. The Balaban J connectivity index is 2.33. The van der Waals surface area contributed by atoms with E-state index in [1.165, 1.54) is 13.4 Å². The number of methoxy groups -OCH3 is 1. The smallest absolute Gasteiger partial charge is 0.199 e. The van der Waals surface area contributed by atoms with Gasteiger partial charge < -0.3 is 19.5 Å². The molecule has 0 aromatic carbocycles. The van der Waals surface area contributed by atoms with E-state index in [0.717, 1.165) is 0 Å². The number of hydrogen-bond donors (Lipinski definition) is 1. The first-order valence-electron chi connectivity index (χ1n) is 6.05. The standard InChI is InChI=1S/C12H18ClN3O3/c1-12(2)6-16(4-8(5-17)19-12)11-9(18-3)10(13)14-7-15-11/h7-8,17H,4-6H2,1-3H3. The quantitative estimate of drug-likeness (QED) is 0.840. The SMILES string of the molecule is COc1c(Cl)ncnc1N1CC(CO)OC(C)(C)C1. The molecule has 19 heavy (non-hydrogen) atoms. The average molecular weight is 288 g/mol. The molecule has 1 aliphatic rings. The fourth-order valence-corrected chi connectivity index (χ4v) is 2.50. The van der Waals surface area contributed by atoms with Crippen LogP contribution in [-0.4, -0.2) is 53.6 Å². The molecule has 1 aromatic heterocycles. The zero-order valence-electron chi connectivity index (χ0n) is 11.3. The molecule has 0 spiro atoms. The third-order valence-electron chi connectivity index (χ3n) is 2.93. The first kappa shape index (κ1) is 14.3. The van der Waals surface area contributed by atoms with Crippen molar-refractivity contribution in [2.24, 2.45) is 0 Å². The van der Waals surface area contributed by atoms with Crippen molar-refractivity contribution in [3.63, 3.8) is 0 Å². The summed E-state index contributed by atoms with van der Waals surface area (Å²) in [6, 6.07) is 0. The Morgan fingerprint density at radius 3 is 2.95 bits per heavy atom. The van der Waals surface area contributed by atoms with Crippen molar-refractivity contribution >= 4 is 17.4 Å². The number of aromatic nitrogens is 2. The molecule has 2 heterocycles. The zero-order chi connectivity index (χ0) is 14.0. The molecule has 7 heteroatoms. The maximum absolute atomic E-state index is 9.33. The van der Waals surface area contributed by atoms with Crippen molar-refractivity contribution in [2.75, 3.05) is 31.7 Å². The first-order valence-corrected chi connectivity index (χ1v) is 6.43. The number of aliphatic hydroxyl groups excluding tert-OH is 1. The summed E-state index contributed by atoms with van der Waals surface area (Å²) in [6.07, 6.45) is 1.14. The fraction of sp³-hybridized carbons (Fsp3) is 0.667. The van der Waals surface area contributed by atoms with Crippen LogP contribution in [0.3, 0.4) is 0 Å². The summed E-state index contributed by atoms with van der Waals surface area (Å²) in [7, 11) is 1.53. The van der Waals surface area contributed by atoms with E-state index in [4.69, 9.17) is 21.1 Å². The molecule has 0 radical (unpaired) electrons. The highest BCUT2D eigenvalue weighted by Gasteiger charge is 2.35. The van der Waals surface area contributed by atoms with Gasteiger partial charge in [-0.2, -0.15) is 0 Å². The lowest BCUT2D eigenvalue weighted by atomic mass is 10.1. The van der Waals surface area contributed by atoms with Crippen molar-refractivity contribution in [2.45, 2.75) is 25.6 Å². The number of hydrogen-bond acceptors (Lipinski definition) is 6. The van der Waals surface area contributed by atoms with Crippen LogP contribution in [0.15, 0.2) is 6.33 Å². The molecule has 1 saturated heterocycles. The molecule has 106 valence electrons. The maximum Gasteiger partial charge on any atom is 0.199 e. The van der Waals surface area contributed by atoms with Crippen LogP contribution in [0.4, 0.5) is 5.82 Å². The van der Waals surface area contributed by atoms with E-state index in [0.29, 0.717) is 24.7 Å². The zero-order valence-corrected chi connectivity index (χ0v) is 12.0. The van der Waals surface area contributed by atoms with Crippen molar-refractivity contribution < 1.29 is 14.6 Å². The van der Waals surface area contributed by atoms with Gasteiger partial charge in [-0.15, -0.1) is 0 Å². The monoisotopic (exact) mass is 287 g/mol. The lowest BCUT2D eigenvalue weighted by Gasteiger charge is -2.43. The van der Waals surface area contributed by atoms with Crippen molar-refractivity contribution in [3.05, 3.63) is 11.5 Å². The molecule has 0 amide bonds. The van der Waals surface area contributed by atoms with E-state index in [2.05, 4.69) is 9.97 Å². The maximum atomic E-state index is 9.33. The molecule has 0 bridgehead atoms. The van der Waals surface area contributed by atoms with Crippen LogP contribution in [0.25, 0.3) is 0 Å². The summed E-state index contributed by atoms with van der Waals surface area (Å²) in [5.74, 6) is 1.07. The molecule has 0 aliphatic carbocycles. The molecule has 1 unspecified atom stereocenters. The third kappa shape index (κ3) is 3.08. The van der Waals surface area contributed by atoms with Gasteiger partial charge >= 0.3 is 0 Å². The minimum absolute atomic E-state index is 0.0406. The number of nitrogens with zero attached hydrogens (tertiary/aromatic N) is 3. The molecule has 1 aliphatic heterocycles. The molecule has 0 saturated carbocycles.